The topological polar surface area (TPSA) is 47.6 Å². The monoisotopic (exact) mass is 341 g/mol. The highest BCUT2D eigenvalue weighted by Crippen LogP contribution is 2.22. The molecule has 4 nitrogen and oxygen atoms in total. The summed E-state index contributed by atoms with van der Waals surface area (Å²) >= 11 is 1.42. The standard InChI is InChI=1S/C19H19NO3S/c1-22-9-8-20-19(21)18-10-14(13-24-18)12-23-17-7-6-15-4-2-3-5-16(15)11-17/h2-7,10-11,13H,8-9,12H2,1H3,(H,20,21). The Labute approximate surface area is 145 Å². The van der Waals surface area contributed by atoms with Crippen LogP contribution in [0.5, 0.6) is 5.75 Å². The fourth-order valence-corrected chi connectivity index (χ4v) is 3.16. The summed E-state index contributed by atoms with van der Waals surface area (Å²) in [6.45, 7) is 1.46. The van der Waals surface area contributed by atoms with Crippen LogP contribution in [0.4, 0.5) is 0 Å². The smallest absolute Gasteiger partial charge is 0.261 e. The number of ether oxygens (including phenoxy) is 2. The lowest BCUT2D eigenvalue weighted by atomic mass is 10.1. The first-order valence-electron chi connectivity index (χ1n) is 7.72. The van der Waals surface area contributed by atoms with Gasteiger partial charge in [0.2, 0.25) is 0 Å². The number of hydrogen-bond donors (Lipinski definition) is 1. The number of fused-ring (bicyclic) bond motifs is 1. The molecule has 0 atom stereocenters. The van der Waals surface area contributed by atoms with Gasteiger partial charge in [-0.15, -0.1) is 11.3 Å². The van der Waals surface area contributed by atoms with Gasteiger partial charge in [-0.1, -0.05) is 30.3 Å². The summed E-state index contributed by atoms with van der Waals surface area (Å²) in [6.07, 6.45) is 0. The van der Waals surface area contributed by atoms with Crippen LogP contribution in [0.15, 0.2) is 53.9 Å². The molecule has 0 fully saturated rings. The molecule has 0 spiro atoms. The summed E-state index contributed by atoms with van der Waals surface area (Å²) < 4.78 is 10.8. The largest absolute Gasteiger partial charge is 0.489 e. The minimum absolute atomic E-state index is 0.0750. The van der Waals surface area contributed by atoms with Crippen molar-refractivity contribution in [1.82, 2.24) is 5.32 Å². The highest BCUT2D eigenvalue weighted by Gasteiger charge is 2.09. The van der Waals surface area contributed by atoms with Crippen molar-refractivity contribution in [2.24, 2.45) is 0 Å². The van der Waals surface area contributed by atoms with E-state index in [1.54, 1.807) is 7.11 Å². The molecular weight excluding hydrogens is 322 g/mol. The summed E-state index contributed by atoms with van der Waals surface area (Å²) in [7, 11) is 1.61. The molecule has 3 rings (SSSR count). The van der Waals surface area contributed by atoms with Crippen LogP contribution in [0.3, 0.4) is 0 Å². The number of carbonyl (C=O) groups excluding carboxylic acids is 1. The third kappa shape index (κ3) is 4.13. The van der Waals surface area contributed by atoms with E-state index in [9.17, 15) is 4.79 Å². The van der Waals surface area contributed by atoms with Crippen LogP contribution in [0, 0.1) is 0 Å². The summed E-state index contributed by atoms with van der Waals surface area (Å²) in [5, 5.41) is 7.11. The van der Waals surface area contributed by atoms with E-state index in [-0.39, 0.29) is 5.91 Å². The van der Waals surface area contributed by atoms with Crippen LogP contribution < -0.4 is 10.1 Å². The van der Waals surface area contributed by atoms with Gasteiger partial charge in [0.05, 0.1) is 11.5 Å². The second kappa shape index (κ2) is 7.95. The Hall–Kier alpha value is -2.37. The maximum Gasteiger partial charge on any atom is 0.261 e. The molecule has 5 heteroatoms. The average Bonchev–Trinajstić information content (AvgIpc) is 3.09. The van der Waals surface area contributed by atoms with E-state index < -0.39 is 0 Å². The zero-order valence-corrected chi connectivity index (χ0v) is 14.3. The maximum atomic E-state index is 12.0. The molecule has 0 saturated carbocycles. The van der Waals surface area contributed by atoms with Gasteiger partial charge in [0.15, 0.2) is 0 Å². The van der Waals surface area contributed by atoms with E-state index >= 15 is 0 Å². The van der Waals surface area contributed by atoms with E-state index in [0.29, 0.717) is 24.6 Å². The Balaban J connectivity index is 1.59. The molecule has 2 aromatic carbocycles. The van der Waals surface area contributed by atoms with Gasteiger partial charge in [0.1, 0.15) is 12.4 Å². The molecule has 24 heavy (non-hydrogen) atoms. The molecule has 0 unspecified atom stereocenters. The van der Waals surface area contributed by atoms with Gasteiger partial charge < -0.3 is 14.8 Å². The molecule has 0 aliphatic heterocycles. The van der Waals surface area contributed by atoms with Gasteiger partial charge in [-0.2, -0.15) is 0 Å². The summed E-state index contributed by atoms with van der Waals surface area (Å²) in [4.78, 5) is 12.6. The molecule has 3 aromatic rings. The van der Waals surface area contributed by atoms with Crippen LogP contribution >= 0.6 is 11.3 Å². The number of benzene rings is 2. The van der Waals surface area contributed by atoms with Gasteiger partial charge >= 0.3 is 0 Å². The van der Waals surface area contributed by atoms with Crippen molar-refractivity contribution >= 4 is 28.0 Å². The number of thiophene rings is 1. The zero-order chi connectivity index (χ0) is 16.8. The molecule has 1 aromatic heterocycles. The van der Waals surface area contributed by atoms with Crippen molar-refractivity contribution < 1.29 is 14.3 Å². The number of methoxy groups -OCH3 is 1. The SMILES string of the molecule is COCCNC(=O)c1cc(COc2ccc3ccccc3c2)cs1. The molecule has 124 valence electrons. The molecule has 1 amide bonds. The fourth-order valence-electron chi connectivity index (χ4n) is 2.35. The summed E-state index contributed by atoms with van der Waals surface area (Å²) in [5.74, 6) is 0.750. The van der Waals surface area contributed by atoms with Gasteiger partial charge in [-0.05, 0) is 34.4 Å². The van der Waals surface area contributed by atoms with Crippen LogP contribution in [-0.4, -0.2) is 26.2 Å². The van der Waals surface area contributed by atoms with E-state index in [1.165, 1.54) is 16.7 Å². The van der Waals surface area contributed by atoms with Crippen molar-refractivity contribution in [3.63, 3.8) is 0 Å². The maximum absolute atomic E-state index is 12.0. The van der Waals surface area contributed by atoms with Crippen LogP contribution in [0.2, 0.25) is 0 Å². The van der Waals surface area contributed by atoms with Crippen molar-refractivity contribution in [3.05, 3.63) is 64.4 Å². The lowest BCUT2D eigenvalue weighted by Crippen LogP contribution is -2.26. The predicted octanol–water partition coefficient (Wildman–Crippen LogP) is 3.86. The van der Waals surface area contributed by atoms with Gasteiger partial charge in [0.25, 0.3) is 5.91 Å². The Morgan fingerprint density at radius 2 is 1.96 bits per heavy atom. The number of amides is 1. The first-order chi connectivity index (χ1) is 11.8. The first kappa shape index (κ1) is 16.5. The third-order valence-corrected chi connectivity index (χ3v) is 4.57. The molecular formula is C19H19NO3S. The normalized spacial score (nSPS) is 10.7. The lowest BCUT2D eigenvalue weighted by molar-refractivity contribution is 0.0941. The molecule has 0 aliphatic rings. The molecule has 0 bridgehead atoms. The van der Waals surface area contributed by atoms with Gasteiger partial charge in [-0.3, -0.25) is 4.79 Å². The minimum Gasteiger partial charge on any atom is -0.489 e. The van der Waals surface area contributed by atoms with Crippen LogP contribution in [0.25, 0.3) is 10.8 Å². The number of rotatable bonds is 7. The molecule has 0 aliphatic carbocycles. The molecule has 1 heterocycles. The summed E-state index contributed by atoms with van der Waals surface area (Å²) in [6, 6.07) is 16.1. The molecule has 1 N–H and O–H groups in total. The average molecular weight is 341 g/mol. The number of nitrogens with one attached hydrogen (secondary N) is 1. The third-order valence-electron chi connectivity index (χ3n) is 3.60. The Morgan fingerprint density at radius 1 is 1.12 bits per heavy atom. The van der Waals surface area contributed by atoms with Gasteiger partial charge in [0, 0.05) is 19.2 Å². The Morgan fingerprint density at radius 3 is 2.79 bits per heavy atom. The predicted molar refractivity (Wildman–Crippen MR) is 96.8 cm³/mol. The first-order valence-corrected chi connectivity index (χ1v) is 8.60. The van der Waals surface area contributed by atoms with E-state index in [2.05, 4.69) is 17.4 Å². The zero-order valence-electron chi connectivity index (χ0n) is 13.5. The quantitative estimate of drug-likeness (QED) is 0.664. The van der Waals surface area contributed by atoms with Gasteiger partial charge in [-0.25, -0.2) is 0 Å². The second-order valence-corrected chi connectivity index (χ2v) is 6.28. The minimum atomic E-state index is -0.0750. The van der Waals surface area contributed by atoms with E-state index in [1.807, 2.05) is 41.8 Å². The molecule has 0 radical (unpaired) electrons. The number of hydrogen-bond acceptors (Lipinski definition) is 4. The second-order valence-electron chi connectivity index (χ2n) is 5.37. The Kier molecular flexibility index (Phi) is 5.46. The fraction of sp³-hybridized carbons (Fsp3) is 0.211. The molecule has 0 saturated heterocycles. The van der Waals surface area contributed by atoms with Crippen molar-refractivity contribution in [2.45, 2.75) is 6.61 Å². The van der Waals surface area contributed by atoms with E-state index in [4.69, 9.17) is 9.47 Å². The van der Waals surface area contributed by atoms with Crippen LogP contribution in [-0.2, 0) is 11.3 Å². The Bertz CT molecular complexity index is 828. The van der Waals surface area contributed by atoms with Crippen molar-refractivity contribution in [3.8, 4) is 5.75 Å². The van der Waals surface area contributed by atoms with Crippen molar-refractivity contribution in [1.29, 1.82) is 0 Å². The summed E-state index contributed by atoms with van der Waals surface area (Å²) in [5.41, 5.74) is 0.991. The van der Waals surface area contributed by atoms with E-state index in [0.717, 1.165) is 16.7 Å². The van der Waals surface area contributed by atoms with Crippen LogP contribution in [0.1, 0.15) is 15.2 Å². The highest BCUT2D eigenvalue weighted by molar-refractivity contribution is 7.12. The lowest BCUT2D eigenvalue weighted by Gasteiger charge is -2.06. The number of carbonyl (C=O) groups is 1. The highest BCUT2D eigenvalue weighted by atomic mass is 32.1. The van der Waals surface area contributed by atoms with Crippen molar-refractivity contribution in [2.75, 3.05) is 20.3 Å².